The number of benzene rings is 3. The molecule has 3 aromatic rings. The Morgan fingerprint density at radius 3 is 2.62 bits per heavy atom. The summed E-state index contributed by atoms with van der Waals surface area (Å²) in [5, 5.41) is 6.45. The molecule has 1 aliphatic heterocycles. The number of nitrogens with one attached hydrogen (secondary N) is 2. The molecule has 2 aliphatic rings. The number of halogens is 1. The van der Waals surface area contributed by atoms with Crippen LogP contribution in [0.5, 0.6) is 5.75 Å². The third-order valence-electron chi connectivity index (χ3n) is 7.42. The first-order valence-electron chi connectivity index (χ1n) is 13.9. The minimum absolute atomic E-state index is 0.0558. The zero-order valence-electron chi connectivity index (χ0n) is 22.5. The second kappa shape index (κ2) is 13.0. The molecular formula is C32H34ClN3O4. The van der Waals surface area contributed by atoms with E-state index in [1.165, 1.54) is 11.1 Å². The van der Waals surface area contributed by atoms with E-state index in [1.807, 2.05) is 48.5 Å². The smallest absolute Gasteiger partial charge is 0.255 e. The zero-order chi connectivity index (χ0) is 27.9. The lowest BCUT2D eigenvalue weighted by molar-refractivity contribution is -0.122. The van der Waals surface area contributed by atoms with Crippen LogP contribution in [0, 0.1) is 0 Å². The maximum atomic E-state index is 13.6. The highest BCUT2D eigenvalue weighted by atomic mass is 35.5. The fourth-order valence-electron chi connectivity index (χ4n) is 5.36. The van der Waals surface area contributed by atoms with Crippen molar-refractivity contribution in [1.29, 1.82) is 0 Å². The van der Waals surface area contributed by atoms with Gasteiger partial charge in [-0.05, 0) is 85.5 Å². The van der Waals surface area contributed by atoms with Crippen molar-refractivity contribution in [3.05, 3.63) is 99.6 Å². The van der Waals surface area contributed by atoms with Crippen molar-refractivity contribution in [3.63, 3.8) is 0 Å². The lowest BCUT2D eigenvalue weighted by atomic mass is 10.1. The summed E-state index contributed by atoms with van der Waals surface area (Å²) in [7, 11) is 0. The van der Waals surface area contributed by atoms with Crippen LogP contribution in [0.15, 0.2) is 66.7 Å². The molecule has 40 heavy (non-hydrogen) atoms. The van der Waals surface area contributed by atoms with E-state index < -0.39 is 0 Å². The van der Waals surface area contributed by atoms with Gasteiger partial charge in [0.15, 0.2) is 0 Å². The number of carbonyl (C=O) groups is 3. The largest absolute Gasteiger partial charge is 0.491 e. The van der Waals surface area contributed by atoms with Gasteiger partial charge in [0.2, 0.25) is 5.91 Å². The topological polar surface area (TPSA) is 87.7 Å². The molecule has 1 aliphatic carbocycles. The van der Waals surface area contributed by atoms with E-state index in [9.17, 15) is 14.4 Å². The molecule has 208 valence electrons. The highest BCUT2D eigenvalue weighted by Crippen LogP contribution is 2.25. The molecule has 3 aromatic carbocycles. The number of carbonyl (C=O) groups excluding carboxylic acids is 3. The molecule has 0 bridgehead atoms. The Kier molecular flexibility index (Phi) is 9.01. The Balaban J connectivity index is 1.38. The van der Waals surface area contributed by atoms with Gasteiger partial charge in [-0.15, -0.1) is 0 Å². The highest BCUT2D eigenvalue weighted by molar-refractivity contribution is 6.31. The summed E-state index contributed by atoms with van der Waals surface area (Å²) in [5.74, 6) is -0.282. The van der Waals surface area contributed by atoms with Crippen molar-refractivity contribution in [2.24, 2.45) is 0 Å². The lowest BCUT2D eigenvalue weighted by Gasteiger charge is -2.25. The van der Waals surface area contributed by atoms with E-state index >= 15 is 0 Å². The van der Waals surface area contributed by atoms with Crippen molar-refractivity contribution < 1.29 is 19.1 Å². The van der Waals surface area contributed by atoms with Crippen LogP contribution in [0.2, 0.25) is 5.02 Å². The summed E-state index contributed by atoms with van der Waals surface area (Å²) in [5.41, 5.74) is 4.51. The van der Waals surface area contributed by atoms with Gasteiger partial charge in [-0.1, -0.05) is 48.0 Å². The number of fused-ring (bicyclic) bond motifs is 2. The molecule has 0 aromatic heterocycles. The van der Waals surface area contributed by atoms with Gasteiger partial charge >= 0.3 is 0 Å². The van der Waals surface area contributed by atoms with Crippen molar-refractivity contribution in [1.82, 2.24) is 15.5 Å². The van der Waals surface area contributed by atoms with Crippen molar-refractivity contribution >= 4 is 29.3 Å². The number of amides is 3. The number of rotatable bonds is 3. The van der Waals surface area contributed by atoms with Crippen LogP contribution in [0.1, 0.15) is 56.7 Å². The van der Waals surface area contributed by atoms with Gasteiger partial charge in [0, 0.05) is 23.7 Å². The maximum Gasteiger partial charge on any atom is 0.255 e. The molecule has 7 nitrogen and oxygen atoms in total. The monoisotopic (exact) mass is 559 g/mol. The summed E-state index contributed by atoms with van der Waals surface area (Å²) in [6.07, 6.45) is 4.94. The van der Waals surface area contributed by atoms with Crippen LogP contribution in [0.25, 0.3) is 0 Å². The Labute approximate surface area is 239 Å². The van der Waals surface area contributed by atoms with E-state index in [0.29, 0.717) is 54.3 Å². The predicted molar refractivity (Wildman–Crippen MR) is 155 cm³/mol. The zero-order valence-corrected chi connectivity index (χ0v) is 23.2. The van der Waals surface area contributed by atoms with E-state index in [0.717, 1.165) is 24.8 Å². The molecule has 0 fully saturated rings. The Morgan fingerprint density at radius 1 is 0.950 bits per heavy atom. The molecule has 1 atom stereocenters. The second-order valence-corrected chi connectivity index (χ2v) is 10.9. The summed E-state index contributed by atoms with van der Waals surface area (Å²) in [6.45, 7) is 0.914. The van der Waals surface area contributed by atoms with Crippen LogP contribution in [-0.2, 0) is 24.1 Å². The number of ether oxygens (including phenoxy) is 1. The van der Waals surface area contributed by atoms with Crippen LogP contribution in [-0.4, -0.2) is 54.9 Å². The molecule has 2 N–H and O–H groups in total. The van der Waals surface area contributed by atoms with Gasteiger partial charge in [0.25, 0.3) is 11.8 Å². The maximum absolute atomic E-state index is 13.6. The van der Waals surface area contributed by atoms with Crippen molar-refractivity contribution in [3.8, 4) is 5.75 Å². The van der Waals surface area contributed by atoms with Crippen LogP contribution in [0.4, 0.5) is 0 Å². The first-order valence-corrected chi connectivity index (χ1v) is 14.3. The molecule has 3 amide bonds. The third kappa shape index (κ3) is 7.02. The number of aryl methyl sites for hydroxylation is 2. The molecule has 1 heterocycles. The Hall–Kier alpha value is -3.84. The number of nitrogens with zero attached hydrogens (tertiary/aromatic N) is 1. The predicted octanol–water partition coefficient (Wildman–Crippen LogP) is 4.60. The fourth-order valence-corrected chi connectivity index (χ4v) is 5.53. The van der Waals surface area contributed by atoms with Gasteiger partial charge in [0.05, 0.1) is 18.2 Å². The SMILES string of the molecule is O=C1CN(C(=O)c2ccc3c(c2)CCC3)CCCCNC(=O)c2cc(Cl)ccc2OC[C@@H](Cc2ccccc2)N1. The van der Waals surface area contributed by atoms with Gasteiger partial charge < -0.3 is 20.3 Å². The molecule has 0 unspecified atom stereocenters. The number of hydrogen-bond acceptors (Lipinski definition) is 4. The van der Waals surface area contributed by atoms with Gasteiger partial charge in [-0.25, -0.2) is 0 Å². The molecule has 0 radical (unpaired) electrons. The second-order valence-electron chi connectivity index (χ2n) is 10.4. The van der Waals surface area contributed by atoms with Gasteiger partial charge in [0.1, 0.15) is 12.4 Å². The first kappa shape index (κ1) is 27.7. The minimum atomic E-state index is -0.386. The van der Waals surface area contributed by atoms with Crippen LogP contribution in [0.3, 0.4) is 0 Å². The lowest BCUT2D eigenvalue weighted by Crippen LogP contribution is -2.47. The molecule has 0 saturated carbocycles. The first-order chi connectivity index (χ1) is 19.5. The molecule has 0 spiro atoms. The fraction of sp³-hybridized carbons (Fsp3) is 0.344. The average molecular weight is 560 g/mol. The number of hydrogen-bond donors (Lipinski definition) is 2. The summed E-state index contributed by atoms with van der Waals surface area (Å²) < 4.78 is 6.09. The van der Waals surface area contributed by atoms with Gasteiger partial charge in [-0.2, -0.15) is 0 Å². The molecule has 8 heteroatoms. The summed E-state index contributed by atoms with van der Waals surface area (Å²) >= 11 is 6.19. The van der Waals surface area contributed by atoms with E-state index in [-0.39, 0.29) is 36.9 Å². The van der Waals surface area contributed by atoms with E-state index in [1.54, 1.807) is 23.1 Å². The highest BCUT2D eigenvalue weighted by Gasteiger charge is 2.24. The summed E-state index contributed by atoms with van der Waals surface area (Å²) in [4.78, 5) is 41.5. The molecule has 5 rings (SSSR count). The van der Waals surface area contributed by atoms with Crippen LogP contribution >= 0.6 is 11.6 Å². The van der Waals surface area contributed by atoms with E-state index in [4.69, 9.17) is 16.3 Å². The summed E-state index contributed by atoms with van der Waals surface area (Å²) in [6, 6.07) is 20.3. The van der Waals surface area contributed by atoms with Gasteiger partial charge in [-0.3, -0.25) is 14.4 Å². The molecular weight excluding hydrogens is 526 g/mol. The van der Waals surface area contributed by atoms with Crippen LogP contribution < -0.4 is 15.4 Å². The normalized spacial score (nSPS) is 18.3. The molecule has 0 saturated heterocycles. The van der Waals surface area contributed by atoms with Crippen molar-refractivity contribution in [2.45, 2.75) is 44.6 Å². The average Bonchev–Trinajstić information content (AvgIpc) is 3.43. The van der Waals surface area contributed by atoms with E-state index in [2.05, 4.69) is 10.6 Å². The Bertz CT molecular complexity index is 1380. The quantitative estimate of drug-likeness (QED) is 0.491. The Morgan fingerprint density at radius 2 is 1.77 bits per heavy atom. The standard InChI is InChI=1S/C32H34ClN3O4/c33-26-13-14-29-28(19-26)31(38)34-15-4-5-16-36(32(39)25-12-11-23-9-6-10-24(23)18-25)20-30(37)35-27(21-40-29)17-22-7-2-1-3-8-22/h1-3,7-8,11-14,18-19,27H,4-6,9-10,15-17,20-21H2,(H,34,38)(H,35,37)/t27-/m1/s1. The third-order valence-corrected chi connectivity index (χ3v) is 7.66. The van der Waals surface area contributed by atoms with Crippen molar-refractivity contribution in [2.75, 3.05) is 26.2 Å². The minimum Gasteiger partial charge on any atom is -0.491 e.